The molecule has 0 unspecified atom stereocenters. The number of aryl methyl sites for hydroxylation is 1. The highest BCUT2D eigenvalue weighted by Gasteiger charge is 2.31. The molecular formula is C20H20F2N2O3. The molecule has 1 saturated heterocycles. The number of anilines is 1. The Morgan fingerprint density at radius 3 is 2.56 bits per heavy atom. The van der Waals surface area contributed by atoms with Gasteiger partial charge in [-0.15, -0.1) is 0 Å². The minimum Gasteiger partial charge on any atom is -0.478 e. The standard InChI is InChI=1S/C20H20F2N2O3/c1-13-5-3-4-6-17(13)24-10-9-23(12-19(24)25)20(26)14(2)27-18-8-7-15(21)11-16(18)22/h3-8,11,14H,9-10,12H2,1-2H3/t14-/m0/s1. The van der Waals surface area contributed by atoms with E-state index < -0.39 is 23.6 Å². The summed E-state index contributed by atoms with van der Waals surface area (Å²) in [5, 5.41) is 0. The van der Waals surface area contributed by atoms with Crippen LogP contribution in [0, 0.1) is 18.6 Å². The molecule has 2 aromatic carbocycles. The lowest BCUT2D eigenvalue weighted by molar-refractivity contribution is -0.142. The highest BCUT2D eigenvalue weighted by Crippen LogP contribution is 2.23. The monoisotopic (exact) mass is 374 g/mol. The quantitative estimate of drug-likeness (QED) is 0.827. The second kappa shape index (κ2) is 7.73. The van der Waals surface area contributed by atoms with Crippen LogP contribution >= 0.6 is 0 Å². The summed E-state index contributed by atoms with van der Waals surface area (Å²) in [6.45, 7) is 4.04. The van der Waals surface area contributed by atoms with Crippen molar-refractivity contribution in [2.75, 3.05) is 24.5 Å². The largest absolute Gasteiger partial charge is 0.478 e. The van der Waals surface area contributed by atoms with Crippen molar-refractivity contribution >= 4 is 17.5 Å². The van der Waals surface area contributed by atoms with Gasteiger partial charge in [0.2, 0.25) is 5.91 Å². The van der Waals surface area contributed by atoms with Crippen molar-refractivity contribution in [2.45, 2.75) is 20.0 Å². The molecule has 0 saturated carbocycles. The van der Waals surface area contributed by atoms with Gasteiger partial charge in [-0.3, -0.25) is 9.59 Å². The van der Waals surface area contributed by atoms with E-state index in [1.807, 2.05) is 31.2 Å². The third-order valence-electron chi connectivity index (χ3n) is 4.48. The molecule has 0 N–H and O–H groups in total. The van der Waals surface area contributed by atoms with E-state index >= 15 is 0 Å². The third-order valence-corrected chi connectivity index (χ3v) is 4.48. The second-order valence-corrected chi connectivity index (χ2v) is 6.43. The summed E-state index contributed by atoms with van der Waals surface area (Å²) in [6.07, 6.45) is -0.997. The summed E-state index contributed by atoms with van der Waals surface area (Å²) in [7, 11) is 0. The maximum absolute atomic E-state index is 13.7. The molecule has 1 aliphatic rings. The number of benzene rings is 2. The lowest BCUT2D eigenvalue weighted by atomic mass is 10.1. The number of hydrogen-bond acceptors (Lipinski definition) is 3. The highest BCUT2D eigenvalue weighted by molar-refractivity contribution is 5.99. The molecule has 3 rings (SSSR count). The Balaban J connectivity index is 1.65. The molecule has 1 heterocycles. The maximum Gasteiger partial charge on any atom is 0.263 e. The molecule has 0 aliphatic carbocycles. The number of para-hydroxylation sites is 1. The first-order valence-corrected chi connectivity index (χ1v) is 8.63. The fourth-order valence-electron chi connectivity index (χ4n) is 3.05. The lowest BCUT2D eigenvalue weighted by Gasteiger charge is -2.36. The zero-order valence-corrected chi connectivity index (χ0v) is 15.1. The van der Waals surface area contributed by atoms with Crippen LogP contribution in [0.2, 0.25) is 0 Å². The van der Waals surface area contributed by atoms with Crippen molar-refractivity contribution in [1.29, 1.82) is 0 Å². The van der Waals surface area contributed by atoms with Crippen LogP contribution in [0.15, 0.2) is 42.5 Å². The Labute approximate surface area is 156 Å². The van der Waals surface area contributed by atoms with Gasteiger partial charge in [0.05, 0.1) is 0 Å². The molecule has 1 aliphatic heterocycles. The highest BCUT2D eigenvalue weighted by atomic mass is 19.1. The van der Waals surface area contributed by atoms with Gasteiger partial charge in [-0.1, -0.05) is 18.2 Å². The Kier molecular flexibility index (Phi) is 5.39. The molecule has 142 valence electrons. The van der Waals surface area contributed by atoms with E-state index in [2.05, 4.69) is 0 Å². The molecular weight excluding hydrogens is 354 g/mol. The van der Waals surface area contributed by atoms with Gasteiger partial charge in [0, 0.05) is 24.8 Å². The van der Waals surface area contributed by atoms with Crippen LogP contribution < -0.4 is 9.64 Å². The second-order valence-electron chi connectivity index (χ2n) is 6.43. The predicted octanol–water partition coefficient (Wildman–Crippen LogP) is 2.92. The molecule has 1 fully saturated rings. The first-order chi connectivity index (χ1) is 12.9. The molecule has 2 aromatic rings. The summed E-state index contributed by atoms with van der Waals surface area (Å²) < 4.78 is 32.0. The van der Waals surface area contributed by atoms with Gasteiger partial charge in [-0.05, 0) is 37.6 Å². The van der Waals surface area contributed by atoms with Gasteiger partial charge in [-0.25, -0.2) is 8.78 Å². The molecule has 1 atom stereocenters. The van der Waals surface area contributed by atoms with Crippen LogP contribution in [0.25, 0.3) is 0 Å². The molecule has 0 spiro atoms. The smallest absolute Gasteiger partial charge is 0.263 e. The van der Waals surface area contributed by atoms with Gasteiger partial charge in [-0.2, -0.15) is 0 Å². The number of carbonyl (C=O) groups is 2. The summed E-state index contributed by atoms with van der Waals surface area (Å²) in [4.78, 5) is 28.1. The van der Waals surface area contributed by atoms with Crippen LogP contribution in [0.1, 0.15) is 12.5 Å². The van der Waals surface area contributed by atoms with Gasteiger partial charge >= 0.3 is 0 Å². The summed E-state index contributed by atoms with van der Waals surface area (Å²) >= 11 is 0. The van der Waals surface area contributed by atoms with Gasteiger partial charge in [0.1, 0.15) is 12.4 Å². The number of hydrogen-bond donors (Lipinski definition) is 0. The molecule has 0 bridgehead atoms. The average Bonchev–Trinajstić information content (AvgIpc) is 2.64. The van der Waals surface area contributed by atoms with Crippen molar-refractivity contribution < 1.29 is 23.1 Å². The number of piperazine rings is 1. The molecule has 5 nitrogen and oxygen atoms in total. The fraction of sp³-hybridized carbons (Fsp3) is 0.300. The Bertz CT molecular complexity index is 872. The Hall–Kier alpha value is -2.96. The minimum absolute atomic E-state index is 0.0766. The summed E-state index contributed by atoms with van der Waals surface area (Å²) in [6, 6.07) is 10.4. The molecule has 0 aromatic heterocycles. The fourth-order valence-corrected chi connectivity index (χ4v) is 3.05. The average molecular weight is 374 g/mol. The SMILES string of the molecule is Cc1ccccc1N1CCN(C(=O)[C@H](C)Oc2ccc(F)cc2F)CC1=O. The Morgan fingerprint density at radius 1 is 1.15 bits per heavy atom. The van der Waals surface area contributed by atoms with E-state index in [0.29, 0.717) is 19.2 Å². The number of rotatable bonds is 4. The predicted molar refractivity (Wildman–Crippen MR) is 96.6 cm³/mol. The third kappa shape index (κ3) is 4.07. The van der Waals surface area contributed by atoms with E-state index in [9.17, 15) is 18.4 Å². The molecule has 2 amide bonds. The first kappa shape index (κ1) is 18.8. The molecule has 27 heavy (non-hydrogen) atoms. The van der Waals surface area contributed by atoms with Crippen molar-refractivity contribution in [2.24, 2.45) is 0 Å². The number of halogens is 2. The Morgan fingerprint density at radius 2 is 1.89 bits per heavy atom. The van der Waals surface area contributed by atoms with Crippen molar-refractivity contribution in [3.8, 4) is 5.75 Å². The van der Waals surface area contributed by atoms with Crippen molar-refractivity contribution in [3.63, 3.8) is 0 Å². The molecule has 0 radical (unpaired) electrons. The minimum atomic E-state index is -0.997. The van der Waals surface area contributed by atoms with E-state index in [-0.39, 0.29) is 18.2 Å². The van der Waals surface area contributed by atoms with Gasteiger partial charge in [0.25, 0.3) is 5.91 Å². The normalized spacial score (nSPS) is 15.6. The lowest BCUT2D eigenvalue weighted by Crippen LogP contribution is -2.55. The van der Waals surface area contributed by atoms with Crippen molar-refractivity contribution in [1.82, 2.24) is 4.90 Å². The van der Waals surface area contributed by atoms with Crippen LogP contribution in [0.5, 0.6) is 5.75 Å². The number of nitrogens with zero attached hydrogens (tertiary/aromatic N) is 2. The zero-order chi connectivity index (χ0) is 19.6. The van der Waals surface area contributed by atoms with E-state index in [0.717, 1.165) is 23.4 Å². The van der Waals surface area contributed by atoms with Crippen LogP contribution in [-0.2, 0) is 9.59 Å². The van der Waals surface area contributed by atoms with Gasteiger partial charge < -0.3 is 14.5 Å². The maximum atomic E-state index is 13.7. The van der Waals surface area contributed by atoms with Crippen LogP contribution in [0.4, 0.5) is 14.5 Å². The van der Waals surface area contributed by atoms with E-state index in [1.165, 1.54) is 11.8 Å². The van der Waals surface area contributed by atoms with E-state index in [4.69, 9.17) is 4.74 Å². The number of carbonyl (C=O) groups excluding carboxylic acids is 2. The van der Waals surface area contributed by atoms with Crippen LogP contribution in [0.3, 0.4) is 0 Å². The van der Waals surface area contributed by atoms with Gasteiger partial charge in [0.15, 0.2) is 17.7 Å². The van der Waals surface area contributed by atoms with Crippen molar-refractivity contribution in [3.05, 3.63) is 59.7 Å². The summed E-state index contributed by atoms with van der Waals surface area (Å²) in [5.41, 5.74) is 1.81. The van der Waals surface area contributed by atoms with Crippen LogP contribution in [-0.4, -0.2) is 42.5 Å². The zero-order valence-electron chi connectivity index (χ0n) is 15.1. The topological polar surface area (TPSA) is 49.9 Å². The number of amides is 2. The van der Waals surface area contributed by atoms with E-state index in [1.54, 1.807) is 4.90 Å². The summed E-state index contributed by atoms with van der Waals surface area (Å²) in [5.74, 6) is -2.42. The number of ether oxygens (including phenoxy) is 1. The molecule has 7 heteroatoms. The first-order valence-electron chi connectivity index (χ1n) is 8.63.